The summed E-state index contributed by atoms with van der Waals surface area (Å²) in [6.07, 6.45) is 12.8. The summed E-state index contributed by atoms with van der Waals surface area (Å²) in [5.41, 5.74) is 0.607. The molecule has 0 heterocycles. The van der Waals surface area contributed by atoms with Crippen LogP contribution in [0.5, 0.6) is 0 Å². The van der Waals surface area contributed by atoms with Gasteiger partial charge in [-0.2, -0.15) is 0 Å². The summed E-state index contributed by atoms with van der Waals surface area (Å²) in [6.45, 7) is 3.58. The van der Waals surface area contributed by atoms with E-state index in [0.29, 0.717) is 17.6 Å². The van der Waals surface area contributed by atoms with Crippen molar-refractivity contribution in [2.75, 3.05) is 13.7 Å². The molecule has 2 atom stereocenters. The fraction of sp³-hybridized carbons (Fsp3) is 1.00. The van der Waals surface area contributed by atoms with Crippen LogP contribution in [0.2, 0.25) is 0 Å². The third-order valence-electron chi connectivity index (χ3n) is 5.16. The van der Waals surface area contributed by atoms with Gasteiger partial charge in [0.2, 0.25) is 0 Å². The highest BCUT2D eigenvalue weighted by molar-refractivity contribution is 4.89. The lowest BCUT2D eigenvalue weighted by atomic mass is 9.82. The Hall–Kier alpha value is -0.0800. The molecule has 0 aromatic heterocycles. The third kappa shape index (κ3) is 3.23. The van der Waals surface area contributed by atoms with E-state index in [9.17, 15) is 0 Å². The third-order valence-corrected chi connectivity index (χ3v) is 5.16. The molecule has 2 unspecified atom stereocenters. The molecular weight excluding hydrogens is 210 g/mol. The van der Waals surface area contributed by atoms with Crippen LogP contribution in [0.3, 0.4) is 0 Å². The summed E-state index contributed by atoms with van der Waals surface area (Å²) in [6, 6.07) is 0.609. The molecule has 2 heteroatoms. The monoisotopic (exact) mass is 239 g/mol. The molecule has 2 aliphatic carbocycles. The summed E-state index contributed by atoms with van der Waals surface area (Å²) < 4.78 is 5.62. The lowest BCUT2D eigenvalue weighted by molar-refractivity contribution is 0.0371. The van der Waals surface area contributed by atoms with Gasteiger partial charge in [-0.25, -0.2) is 0 Å². The molecule has 0 amide bonds. The van der Waals surface area contributed by atoms with Gasteiger partial charge in [0.25, 0.3) is 0 Å². The molecule has 0 aromatic rings. The Balaban J connectivity index is 1.83. The number of methoxy groups -OCH3 is 1. The zero-order valence-corrected chi connectivity index (χ0v) is 11.6. The Labute approximate surface area is 107 Å². The van der Waals surface area contributed by atoms with E-state index in [1.165, 1.54) is 64.3 Å². The molecule has 0 bridgehead atoms. The number of ether oxygens (including phenoxy) is 1. The van der Waals surface area contributed by atoms with Gasteiger partial charge in [-0.15, -0.1) is 0 Å². The van der Waals surface area contributed by atoms with Crippen molar-refractivity contribution < 1.29 is 4.74 Å². The summed E-state index contributed by atoms with van der Waals surface area (Å²) in [4.78, 5) is 0. The van der Waals surface area contributed by atoms with Gasteiger partial charge in [-0.3, -0.25) is 0 Å². The Morgan fingerprint density at radius 3 is 2.47 bits per heavy atom. The molecule has 2 saturated carbocycles. The molecule has 2 rings (SSSR count). The maximum absolute atomic E-state index is 5.62. The standard InChI is InChI=1S/C15H29NO/c1-3-15(10-6-7-11-15)12-16-13-8-4-5-9-14(13)17-2/h13-14,16H,3-12H2,1-2H3. The van der Waals surface area contributed by atoms with Crippen molar-refractivity contribution in [2.45, 2.75) is 76.9 Å². The molecule has 0 spiro atoms. The second-order valence-corrected chi connectivity index (χ2v) is 6.11. The van der Waals surface area contributed by atoms with Crippen molar-refractivity contribution >= 4 is 0 Å². The van der Waals surface area contributed by atoms with Gasteiger partial charge in [-0.05, 0) is 37.5 Å². The van der Waals surface area contributed by atoms with Crippen molar-refractivity contribution in [2.24, 2.45) is 5.41 Å². The topological polar surface area (TPSA) is 21.3 Å². The normalized spacial score (nSPS) is 32.8. The minimum atomic E-state index is 0.457. The van der Waals surface area contributed by atoms with E-state index >= 15 is 0 Å². The van der Waals surface area contributed by atoms with Crippen LogP contribution in [0, 0.1) is 5.41 Å². The van der Waals surface area contributed by atoms with E-state index in [-0.39, 0.29) is 0 Å². The van der Waals surface area contributed by atoms with Crippen molar-refractivity contribution in [3.05, 3.63) is 0 Å². The maximum atomic E-state index is 5.62. The first-order valence-corrected chi connectivity index (χ1v) is 7.56. The van der Waals surface area contributed by atoms with E-state index in [4.69, 9.17) is 4.74 Å². The molecule has 0 aromatic carbocycles. The Morgan fingerprint density at radius 1 is 1.12 bits per heavy atom. The molecule has 17 heavy (non-hydrogen) atoms. The highest BCUT2D eigenvalue weighted by Crippen LogP contribution is 2.40. The van der Waals surface area contributed by atoms with Crippen LogP contribution >= 0.6 is 0 Å². The van der Waals surface area contributed by atoms with Crippen LogP contribution in [0.15, 0.2) is 0 Å². The van der Waals surface area contributed by atoms with Crippen LogP contribution in [0.1, 0.15) is 64.7 Å². The van der Waals surface area contributed by atoms with Crippen LogP contribution in [-0.2, 0) is 4.74 Å². The van der Waals surface area contributed by atoms with Crippen LogP contribution in [0.4, 0.5) is 0 Å². The van der Waals surface area contributed by atoms with Gasteiger partial charge in [0.1, 0.15) is 0 Å². The minimum Gasteiger partial charge on any atom is -0.380 e. The first-order chi connectivity index (χ1) is 8.29. The lowest BCUT2D eigenvalue weighted by Gasteiger charge is -2.35. The van der Waals surface area contributed by atoms with Crippen molar-refractivity contribution in [3.63, 3.8) is 0 Å². The zero-order chi connectivity index (χ0) is 12.1. The van der Waals surface area contributed by atoms with Gasteiger partial charge in [-0.1, -0.05) is 32.6 Å². The van der Waals surface area contributed by atoms with Gasteiger partial charge >= 0.3 is 0 Å². The fourth-order valence-corrected chi connectivity index (χ4v) is 3.74. The van der Waals surface area contributed by atoms with E-state index < -0.39 is 0 Å². The average molecular weight is 239 g/mol. The molecule has 100 valence electrons. The van der Waals surface area contributed by atoms with E-state index in [1.807, 2.05) is 7.11 Å². The van der Waals surface area contributed by atoms with E-state index in [2.05, 4.69) is 12.2 Å². The van der Waals surface area contributed by atoms with Crippen LogP contribution in [-0.4, -0.2) is 25.8 Å². The maximum Gasteiger partial charge on any atom is 0.0724 e. The predicted molar refractivity (Wildman–Crippen MR) is 72.2 cm³/mol. The SMILES string of the molecule is CCC1(CNC2CCCCC2OC)CCCC1. The molecule has 2 nitrogen and oxygen atoms in total. The number of rotatable bonds is 5. The Bertz CT molecular complexity index is 223. The Morgan fingerprint density at radius 2 is 1.82 bits per heavy atom. The molecular formula is C15H29NO. The zero-order valence-electron chi connectivity index (χ0n) is 11.6. The van der Waals surface area contributed by atoms with Gasteiger partial charge < -0.3 is 10.1 Å². The smallest absolute Gasteiger partial charge is 0.0724 e. The molecule has 2 fully saturated rings. The second-order valence-electron chi connectivity index (χ2n) is 6.11. The van der Waals surface area contributed by atoms with Crippen molar-refractivity contribution in [3.8, 4) is 0 Å². The summed E-state index contributed by atoms with van der Waals surface area (Å²) >= 11 is 0. The summed E-state index contributed by atoms with van der Waals surface area (Å²) in [5.74, 6) is 0. The average Bonchev–Trinajstić information content (AvgIpc) is 2.86. The van der Waals surface area contributed by atoms with Gasteiger partial charge in [0.15, 0.2) is 0 Å². The summed E-state index contributed by atoms with van der Waals surface area (Å²) in [5, 5.41) is 3.83. The highest BCUT2D eigenvalue weighted by atomic mass is 16.5. The van der Waals surface area contributed by atoms with Crippen LogP contribution < -0.4 is 5.32 Å². The molecule has 0 radical (unpaired) electrons. The second kappa shape index (κ2) is 6.19. The minimum absolute atomic E-state index is 0.457. The van der Waals surface area contributed by atoms with Crippen molar-refractivity contribution in [1.29, 1.82) is 0 Å². The molecule has 0 saturated heterocycles. The molecule has 1 N–H and O–H groups in total. The van der Waals surface area contributed by atoms with Gasteiger partial charge in [0, 0.05) is 19.7 Å². The highest BCUT2D eigenvalue weighted by Gasteiger charge is 2.33. The lowest BCUT2D eigenvalue weighted by Crippen LogP contribution is -2.47. The van der Waals surface area contributed by atoms with Gasteiger partial charge in [0.05, 0.1) is 6.10 Å². The van der Waals surface area contributed by atoms with Crippen LogP contribution in [0.25, 0.3) is 0 Å². The predicted octanol–water partition coefficient (Wildman–Crippen LogP) is 3.50. The quantitative estimate of drug-likeness (QED) is 0.793. The first kappa shape index (κ1) is 13.4. The Kier molecular flexibility index (Phi) is 4.87. The fourth-order valence-electron chi connectivity index (χ4n) is 3.74. The van der Waals surface area contributed by atoms with Crippen molar-refractivity contribution in [1.82, 2.24) is 5.32 Å². The summed E-state index contributed by atoms with van der Waals surface area (Å²) in [7, 11) is 1.87. The number of hydrogen-bond donors (Lipinski definition) is 1. The largest absolute Gasteiger partial charge is 0.380 e. The first-order valence-electron chi connectivity index (χ1n) is 7.56. The number of hydrogen-bond acceptors (Lipinski definition) is 2. The molecule has 0 aliphatic heterocycles. The molecule has 2 aliphatic rings. The van der Waals surface area contributed by atoms with E-state index in [1.54, 1.807) is 0 Å². The van der Waals surface area contributed by atoms with E-state index in [0.717, 1.165) is 0 Å². The number of nitrogens with one attached hydrogen (secondary N) is 1.